The number of benzene rings is 2. The summed E-state index contributed by atoms with van der Waals surface area (Å²) in [5, 5.41) is 36.8. The molecular weight excluding hydrogens is 590 g/mol. The number of thioether (sulfide) groups is 1. The van der Waals surface area contributed by atoms with Crippen molar-refractivity contribution in [3.8, 4) is 5.75 Å². The van der Waals surface area contributed by atoms with Crippen LogP contribution in [-0.4, -0.2) is 86.1 Å². The number of hydrogen-bond donors (Lipinski definition) is 8. The molecule has 0 saturated heterocycles. The molecule has 3 rings (SSSR count). The second-order valence-electron chi connectivity index (χ2n) is 10.3. The average Bonchev–Trinajstić information content (AvgIpc) is 3.40. The number of nitrogens with two attached hydrogens (primary N) is 1. The third-order valence-electron chi connectivity index (χ3n) is 6.97. The minimum Gasteiger partial charge on any atom is -0.508 e. The molecular formula is C30H37N5O8S. The van der Waals surface area contributed by atoms with Crippen molar-refractivity contribution < 1.29 is 39.3 Å². The van der Waals surface area contributed by atoms with Crippen molar-refractivity contribution in [3.05, 3.63) is 65.9 Å². The molecule has 0 fully saturated rings. The number of aromatic nitrogens is 1. The summed E-state index contributed by atoms with van der Waals surface area (Å²) in [6.07, 6.45) is 2.97. The molecule has 0 aliphatic rings. The van der Waals surface area contributed by atoms with Gasteiger partial charge in [0.2, 0.25) is 17.7 Å². The average molecular weight is 628 g/mol. The fourth-order valence-corrected chi connectivity index (χ4v) is 5.03. The van der Waals surface area contributed by atoms with E-state index >= 15 is 0 Å². The number of aliphatic carboxylic acids is 2. The predicted molar refractivity (Wildman–Crippen MR) is 165 cm³/mol. The van der Waals surface area contributed by atoms with Gasteiger partial charge in [-0.25, -0.2) is 4.79 Å². The molecule has 9 N–H and O–H groups in total. The normalized spacial score (nSPS) is 13.8. The molecule has 0 saturated carbocycles. The molecule has 1 aromatic heterocycles. The summed E-state index contributed by atoms with van der Waals surface area (Å²) in [6, 6.07) is 8.49. The van der Waals surface area contributed by atoms with E-state index in [1.54, 1.807) is 18.3 Å². The Hall–Kier alpha value is -4.56. The van der Waals surface area contributed by atoms with Crippen LogP contribution in [0.25, 0.3) is 10.9 Å². The van der Waals surface area contributed by atoms with E-state index in [0.29, 0.717) is 16.9 Å². The molecule has 1 heterocycles. The van der Waals surface area contributed by atoms with Crippen LogP contribution in [0.15, 0.2) is 54.7 Å². The predicted octanol–water partition coefficient (Wildman–Crippen LogP) is 1.14. The number of hydrogen-bond acceptors (Lipinski definition) is 8. The summed E-state index contributed by atoms with van der Waals surface area (Å²) in [5.41, 5.74) is 8.19. The van der Waals surface area contributed by atoms with Crippen LogP contribution in [-0.2, 0) is 36.8 Å². The van der Waals surface area contributed by atoms with Gasteiger partial charge in [-0.3, -0.25) is 19.2 Å². The maximum atomic E-state index is 13.5. The summed E-state index contributed by atoms with van der Waals surface area (Å²) in [6.45, 7) is 0. The van der Waals surface area contributed by atoms with Crippen molar-refractivity contribution in [1.29, 1.82) is 0 Å². The molecule has 0 spiro atoms. The number of phenols is 1. The van der Waals surface area contributed by atoms with Crippen LogP contribution in [0.1, 0.15) is 30.4 Å². The van der Waals surface area contributed by atoms with Gasteiger partial charge in [0.25, 0.3) is 0 Å². The number of aromatic amines is 1. The smallest absolute Gasteiger partial charge is 0.326 e. The number of rotatable bonds is 17. The van der Waals surface area contributed by atoms with Gasteiger partial charge in [-0.05, 0) is 60.6 Å². The Balaban J connectivity index is 1.82. The number of carbonyl (C=O) groups is 5. The quantitative estimate of drug-likeness (QED) is 0.107. The monoisotopic (exact) mass is 627 g/mol. The Labute approximate surface area is 258 Å². The first-order chi connectivity index (χ1) is 21.0. The highest BCUT2D eigenvalue weighted by Crippen LogP contribution is 2.20. The molecule has 4 unspecified atom stereocenters. The number of phenolic OH excluding ortho intramolecular Hbond substituents is 1. The fraction of sp³-hybridized carbons (Fsp3) is 0.367. The number of nitrogens with one attached hydrogen (secondary N) is 4. The van der Waals surface area contributed by atoms with Crippen LogP contribution in [0.3, 0.4) is 0 Å². The maximum Gasteiger partial charge on any atom is 0.326 e. The van der Waals surface area contributed by atoms with Gasteiger partial charge in [-0.2, -0.15) is 11.8 Å². The topological polar surface area (TPSA) is 224 Å². The van der Waals surface area contributed by atoms with E-state index in [9.17, 15) is 39.3 Å². The lowest BCUT2D eigenvalue weighted by molar-refractivity contribution is -0.142. The Morgan fingerprint density at radius 3 is 2.14 bits per heavy atom. The van der Waals surface area contributed by atoms with E-state index in [1.165, 1.54) is 23.9 Å². The van der Waals surface area contributed by atoms with Crippen molar-refractivity contribution >= 4 is 52.3 Å². The summed E-state index contributed by atoms with van der Waals surface area (Å²) in [4.78, 5) is 66.2. The highest BCUT2D eigenvalue weighted by atomic mass is 32.2. The van der Waals surface area contributed by atoms with Crippen molar-refractivity contribution in [3.63, 3.8) is 0 Å². The largest absolute Gasteiger partial charge is 0.508 e. The number of para-hydroxylation sites is 1. The second-order valence-corrected chi connectivity index (χ2v) is 11.3. The van der Waals surface area contributed by atoms with Crippen molar-refractivity contribution in [1.82, 2.24) is 20.9 Å². The van der Waals surface area contributed by atoms with Crippen LogP contribution in [0.5, 0.6) is 5.75 Å². The summed E-state index contributed by atoms with van der Waals surface area (Å²) < 4.78 is 0. The van der Waals surface area contributed by atoms with Crippen LogP contribution < -0.4 is 21.7 Å². The van der Waals surface area contributed by atoms with Crippen LogP contribution >= 0.6 is 11.8 Å². The van der Waals surface area contributed by atoms with Gasteiger partial charge in [0, 0.05) is 29.9 Å². The van der Waals surface area contributed by atoms with Crippen LogP contribution in [0.4, 0.5) is 0 Å². The molecule has 0 bridgehead atoms. The van der Waals surface area contributed by atoms with Crippen molar-refractivity contribution in [2.45, 2.75) is 56.3 Å². The Morgan fingerprint density at radius 2 is 1.48 bits per heavy atom. The van der Waals surface area contributed by atoms with E-state index in [-0.39, 0.29) is 31.4 Å². The zero-order chi connectivity index (χ0) is 32.2. The van der Waals surface area contributed by atoms with Gasteiger partial charge in [0.1, 0.15) is 23.9 Å². The van der Waals surface area contributed by atoms with E-state index in [2.05, 4.69) is 20.9 Å². The zero-order valence-corrected chi connectivity index (χ0v) is 24.9. The van der Waals surface area contributed by atoms with Crippen molar-refractivity contribution in [2.24, 2.45) is 5.73 Å². The summed E-state index contributed by atoms with van der Waals surface area (Å²) in [5.74, 6) is -4.19. The van der Waals surface area contributed by atoms with Crippen LogP contribution in [0, 0.1) is 0 Å². The van der Waals surface area contributed by atoms with E-state index in [4.69, 9.17) is 5.73 Å². The Bertz CT molecular complexity index is 1460. The van der Waals surface area contributed by atoms with Gasteiger partial charge in [0.15, 0.2) is 0 Å². The number of amides is 3. The van der Waals surface area contributed by atoms with Crippen molar-refractivity contribution in [2.75, 3.05) is 12.0 Å². The SMILES string of the molecule is CSCCC(NC(=O)C(Cc1c[nH]c2ccccc12)NC(=O)C(CCC(=O)O)NC(=O)C(N)Cc1ccc(O)cc1)C(=O)O. The number of aromatic hydroxyl groups is 1. The highest BCUT2D eigenvalue weighted by Gasteiger charge is 2.31. The molecule has 0 aliphatic heterocycles. The minimum absolute atomic E-state index is 0.0174. The van der Waals surface area contributed by atoms with E-state index < -0.39 is 60.2 Å². The first kappa shape index (κ1) is 33.9. The molecule has 14 heteroatoms. The molecule has 0 aliphatic carbocycles. The molecule has 3 aromatic rings. The van der Waals surface area contributed by atoms with E-state index in [0.717, 1.165) is 10.9 Å². The van der Waals surface area contributed by atoms with Gasteiger partial charge in [-0.1, -0.05) is 30.3 Å². The minimum atomic E-state index is -1.35. The Morgan fingerprint density at radius 1 is 0.841 bits per heavy atom. The number of carboxylic acids is 2. The number of carboxylic acid groups (broad SMARTS) is 2. The lowest BCUT2D eigenvalue weighted by atomic mass is 10.0. The summed E-state index contributed by atoms with van der Waals surface area (Å²) in [7, 11) is 0. The van der Waals surface area contributed by atoms with Gasteiger partial charge in [0.05, 0.1) is 6.04 Å². The molecule has 0 radical (unpaired) electrons. The Kier molecular flexibility index (Phi) is 12.6. The number of carbonyl (C=O) groups excluding carboxylic acids is 3. The van der Waals surface area contributed by atoms with Gasteiger partial charge < -0.3 is 42.0 Å². The molecule has 3 amide bonds. The van der Waals surface area contributed by atoms with E-state index in [1.807, 2.05) is 30.5 Å². The highest BCUT2D eigenvalue weighted by molar-refractivity contribution is 7.98. The molecule has 2 aromatic carbocycles. The maximum absolute atomic E-state index is 13.5. The molecule has 4 atom stereocenters. The zero-order valence-electron chi connectivity index (χ0n) is 24.1. The van der Waals surface area contributed by atoms with Crippen LogP contribution in [0.2, 0.25) is 0 Å². The van der Waals surface area contributed by atoms with Gasteiger partial charge in [-0.15, -0.1) is 0 Å². The third-order valence-corrected chi connectivity index (χ3v) is 7.61. The first-order valence-corrected chi connectivity index (χ1v) is 15.3. The lowest BCUT2D eigenvalue weighted by Gasteiger charge is -2.25. The summed E-state index contributed by atoms with van der Waals surface area (Å²) >= 11 is 1.42. The number of H-pyrrole nitrogens is 1. The fourth-order valence-electron chi connectivity index (χ4n) is 4.56. The standard InChI is InChI=1S/C30H37N5O8S/c1-44-13-12-24(30(42)43)34-29(41)25(15-18-16-32-22-5-3-2-4-20(18)22)35-28(40)23(10-11-26(37)38)33-27(39)21(31)14-17-6-8-19(36)9-7-17/h2-9,16,21,23-25,32,36H,10-15,31H2,1H3,(H,33,39)(H,34,41)(H,35,40)(H,37,38)(H,42,43). The lowest BCUT2D eigenvalue weighted by Crippen LogP contribution is -2.57. The second kappa shape index (κ2) is 16.3. The molecule has 13 nitrogen and oxygen atoms in total. The first-order valence-electron chi connectivity index (χ1n) is 13.9. The third kappa shape index (κ3) is 10.0. The number of fused-ring (bicyclic) bond motifs is 1. The molecule has 236 valence electrons. The van der Waals surface area contributed by atoms with Gasteiger partial charge >= 0.3 is 11.9 Å². The molecule has 44 heavy (non-hydrogen) atoms.